The van der Waals surface area contributed by atoms with E-state index >= 15 is 0 Å². The lowest BCUT2D eigenvalue weighted by Gasteiger charge is -2.13. The standard InChI is InChI=1S/C11H14O4/c1-3-10(12)15-9-7-5-4-6-8(9)11(13)14-2/h4-7,11,13H,3H2,1-2H3/t11-/m0/s1. The number of aliphatic hydroxyl groups excluding tert-OH is 1. The molecule has 1 atom stereocenters. The first-order chi connectivity index (χ1) is 7.19. The molecule has 4 nitrogen and oxygen atoms in total. The SMILES string of the molecule is CCC(=O)Oc1ccccc1[C@@H](O)OC. The van der Waals surface area contributed by atoms with Gasteiger partial charge in [0.1, 0.15) is 5.75 Å². The zero-order valence-electron chi connectivity index (χ0n) is 8.77. The van der Waals surface area contributed by atoms with Crippen molar-refractivity contribution in [1.82, 2.24) is 0 Å². The number of aliphatic hydroxyl groups is 1. The molecule has 0 aliphatic carbocycles. The molecule has 0 fully saturated rings. The van der Waals surface area contributed by atoms with Gasteiger partial charge in [0.05, 0.1) is 5.56 Å². The second-order valence-corrected chi connectivity index (χ2v) is 2.95. The minimum atomic E-state index is -1.08. The van der Waals surface area contributed by atoms with Crippen molar-refractivity contribution in [2.24, 2.45) is 0 Å². The van der Waals surface area contributed by atoms with Gasteiger partial charge in [-0.3, -0.25) is 4.79 Å². The van der Waals surface area contributed by atoms with Gasteiger partial charge in [-0.25, -0.2) is 0 Å². The highest BCUT2D eigenvalue weighted by molar-refractivity contribution is 5.72. The van der Waals surface area contributed by atoms with Crippen LogP contribution in [0.1, 0.15) is 25.2 Å². The molecule has 0 unspecified atom stereocenters. The molecule has 0 saturated heterocycles. The molecule has 0 bridgehead atoms. The van der Waals surface area contributed by atoms with E-state index in [1.165, 1.54) is 7.11 Å². The van der Waals surface area contributed by atoms with Crippen molar-refractivity contribution < 1.29 is 19.4 Å². The Kier molecular flexibility index (Phi) is 4.27. The second-order valence-electron chi connectivity index (χ2n) is 2.95. The Bertz CT molecular complexity index is 335. The summed E-state index contributed by atoms with van der Waals surface area (Å²) in [4.78, 5) is 11.1. The third-order valence-corrected chi connectivity index (χ3v) is 1.92. The summed E-state index contributed by atoms with van der Waals surface area (Å²) in [5.41, 5.74) is 0.446. The minimum absolute atomic E-state index is 0.289. The molecule has 1 N–H and O–H groups in total. The zero-order valence-corrected chi connectivity index (χ0v) is 8.77. The maximum Gasteiger partial charge on any atom is 0.310 e. The van der Waals surface area contributed by atoms with Crippen LogP contribution >= 0.6 is 0 Å². The van der Waals surface area contributed by atoms with Crippen LogP contribution in [0.15, 0.2) is 24.3 Å². The molecule has 0 radical (unpaired) electrons. The lowest BCUT2D eigenvalue weighted by atomic mass is 10.2. The van der Waals surface area contributed by atoms with Crippen LogP contribution in [0.2, 0.25) is 0 Å². The van der Waals surface area contributed by atoms with E-state index in [1.54, 1.807) is 31.2 Å². The number of carbonyl (C=O) groups is 1. The largest absolute Gasteiger partial charge is 0.426 e. The van der Waals surface area contributed by atoms with Crippen molar-refractivity contribution in [3.63, 3.8) is 0 Å². The molecule has 15 heavy (non-hydrogen) atoms. The van der Waals surface area contributed by atoms with Crippen molar-refractivity contribution in [1.29, 1.82) is 0 Å². The Morgan fingerprint density at radius 2 is 2.13 bits per heavy atom. The summed E-state index contributed by atoms with van der Waals surface area (Å²) in [6, 6.07) is 6.72. The third kappa shape index (κ3) is 3.04. The van der Waals surface area contributed by atoms with Gasteiger partial charge in [0.15, 0.2) is 6.29 Å². The molecule has 4 heteroatoms. The van der Waals surface area contributed by atoms with Crippen molar-refractivity contribution in [3.8, 4) is 5.75 Å². The fourth-order valence-electron chi connectivity index (χ4n) is 1.10. The summed E-state index contributed by atoms with van der Waals surface area (Å²) in [5.74, 6) is -0.00977. The maximum atomic E-state index is 11.1. The monoisotopic (exact) mass is 210 g/mol. The number of hydrogen-bond donors (Lipinski definition) is 1. The van der Waals surface area contributed by atoms with Gasteiger partial charge >= 0.3 is 5.97 Å². The molecular formula is C11H14O4. The van der Waals surface area contributed by atoms with Gasteiger partial charge in [0, 0.05) is 13.5 Å². The van der Waals surface area contributed by atoms with Gasteiger partial charge in [-0.1, -0.05) is 25.1 Å². The first-order valence-corrected chi connectivity index (χ1v) is 4.69. The van der Waals surface area contributed by atoms with E-state index in [1.807, 2.05) is 0 Å². The Balaban J connectivity index is 2.91. The summed E-state index contributed by atoms with van der Waals surface area (Å²) < 4.78 is 9.80. The number of rotatable bonds is 4. The highest BCUT2D eigenvalue weighted by Crippen LogP contribution is 2.25. The Morgan fingerprint density at radius 3 is 2.73 bits per heavy atom. The molecule has 0 saturated carbocycles. The summed E-state index contributed by atoms with van der Waals surface area (Å²) in [5, 5.41) is 9.48. The lowest BCUT2D eigenvalue weighted by Crippen LogP contribution is -2.09. The Hall–Kier alpha value is -1.39. The van der Waals surface area contributed by atoms with E-state index in [-0.39, 0.29) is 12.4 Å². The smallest absolute Gasteiger partial charge is 0.310 e. The van der Waals surface area contributed by atoms with Crippen LogP contribution in [0.3, 0.4) is 0 Å². The second kappa shape index (κ2) is 5.48. The molecular weight excluding hydrogens is 196 g/mol. The van der Waals surface area contributed by atoms with E-state index in [0.29, 0.717) is 11.3 Å². The predicted molar refractivity (Wildman–Crippen MR) is 54.3 cm³/mol. The first-order valence-electron chi connectivity index (χ1n) is 4.69. The molecule has 1 rings (SSSR count). The fraction of sp³-hybridized carbons (Fsp3) is 0.364. The van der Waals surface area contributed by atoms with E-state index < -0.39 is 6.29 Å². The average molecular weight is 210 g/mol. The number of hydrogen-bond acceptors (Lipinski definition) is 4. The molecule has 0 spiro atoms. The molecule has 0 aliphatic rings. The summed E-state index contributed by atoms with van der Waals surface area (Å²) in [7, 11) is 1.38. The van der Waals surface area contributed by atoms with Gasteiger partial charge in [-0.05, 0) is 6.07 Å². The first kappa shape index (κ1) is 11.7. The summed E-state index contributed by atoms with van der Waals surface area (Å²) >= 11 is 0. The molecule has 0 amide bonds. The molecule has 1 aromatic carbocycles. The van der Waals surface area contributed by atoms with E-state index in [4.69, 9.17) is 9.47 Å². The molecule has 0 heterocycles. The molecule has 0 aromatic heterocycles. The Morgan fingerprint density at radius 1 is 1.47 bits per heavy atom. The van der Waals surface area contributed by atoms with Crippen molar-refractivity contribution in [3.05, 3.63) is 29.8 Å². The van der Waals surface area contributed by atoms with Crippen LogP contribution in [0, 0.1) is 0 Å². The van der Waals surface area contributed by atoms with Crippen LogP contribution in [-0.4, -0.2) is 18.2 Å². The number of esters is 1. The maximum absolute atomic E-state index is 11.1. The lowest BCUT2D eigenvalue weighted by molar-refractivity contribution is -0.134. The molecule has 0 aliphatic heterocycles. The number of para-hydroxylation sites is 1. The van der Waals surface area contributed by atoms with E-state index in [2.05, 4.69) is 0 Å². The number of ether oxygens (including phenoxy) is 2. The normalized spacial score (nSPS) is 12.2. The quantitative estimate of drug-likeness (QED) is 0.466. The van der Waals surface area contributed by atoms with Gasteiger partial charge in [0.2, 0.25) is 0 Å². The fourth-order valence-corrected chi connectivity index (χ4v) is 1.10. The van der Waals surface area contributed by atoms with Crippen LogP contribution < -0.4 is 4.74 Å². The number of methoxy groups -OCH3 is 1. The highest BCUT2D eigenvalue weighted by atomic mass is 16.6. The topological polar surface area (TPSA) is 55.8 Å². The van der Waals surface area contributed by atoms with E-state index in [0.717, 1.165) is 0 Å². The van der Waals surface area contributed by atoms with Gasteiger partial charge in [-0.2, -0.15) is 0 Å². The van der Waals surface area contributed by atoms with Crippen molar-refractivity contribution in [2.45, 2.75) is 19.6 Å². The van der Waals surface area contributed by atoms with Crippen LogP contribution in [-0.2, 0) is 9.53 Å². The minimum Gasteiger partial charge on any atom is -0.426 e. The van der Waals surface area contributed by atoms with E-state index in [9.17, 15) is 9.90 Å². The average Bonchev–Trinajstić information content (AvgIpc) is 2.28. The van der Waals surface area contributed by atoms with Gasteiger partial charge in [0.25, 0.3) is 0 Å². The van der Waals surface area contributed by atoms with Gasteiger partial charge < -0.3 is 14.6 Å². The third-order valence-electron chi connectivity index (χ3n) is 1.92. The van der Waals surface area contributed by atoms with Gasteiger partial charge in [-0.15, -0.1) is 0 Å². The van der Waals surface area contributed by atoms with Crippen LogP contribution in [0.4, 0.5) is 0 Å². The summed E-state index contributed by atoms with van der Waals surface area (Å²) in [6.45, 7) is 1.71. The predicted octanol–water partition coefficient (Wildman–Crippen LogP) is 1.64. The highest BCUT2D eigenvalue weighted by Gasteiger charge is 2.13. The van der Waals surface area contributed by atoms with Crippen molar-refractivity contribution in [2.75, 3.05) is 7.11 Å². The molecule has 1 aromatic rings. The number of carbonyl (C=O) groups excluding carboxylic acids is 1. The zero-order chi connectivity index (χ0) is 11.3. The summed E-state index contributed by atoms with van der Waals surface area (Å²) in [6.07, 6.45) is -0.789. The van der Waals surface area contributed by atoms with Crippen LogP contribution in [0.5, 0.6) is 5.75 Å². The molecule has 82 valence electrons. The number of benzene rings is 1. The van der Waals surface area contributed by atoms with Crippen molar-refractivity contribution >= 4 is 5.97 Å². The van der Waals surface area contributed by atoms with Crippen LogP contribution in [0.25, 0.3) is 0 Å². The Labute approximate surface area is 88.4 Å².